The number of ether oxygens (including phenoxy) is 2. The third-order valence-corrected chi connectivity index (χ3v) is 7.31. The fourth-order valence-corrected chi connectivity index (χ4v) is 5.23. The molecule has 0 unspecified atom stereocenters. The van der Waals surface area contributed by atoms with Crippen molar-refractivity contribution in [3.05, 3.63) is 124 Å². The molecular weight excluding hydrogens is 554 g/mol. The maximum Gasteiger partial charge on any atom is 0.230 e. The summed E-state index contributed by atoms with van der Waals surface area (Å²) in [6, 6.07) is 25.1. The molecule has 0 fully saturated rings. The molecule has 11 heteroatoms. The van der Waals surface area contributed by atoms with Crippen LogP contribution in [0.4, 0.5) is 0 Å². The first-order valence-electron chi connectivity index (χ1n) is 13.2. The highest BCUT2D eigenvalue weighted by Crippen LogP contribution is 2.49. The van der Waals surface area contributed by atoms with Gasteiger partial charge in [0.25, 0.3) is 0 Å². The minimum absolute atomic E-state index is 0.0752. The second-order valence-electron chi connectivity index (χ2n) is 9.68. The first kappa shape index (κ1) is 25.7. The smallest absolute Gasteiger partial charge is 0.230 e. The summed E-state index contributed by atoms with van der Waals surface area (Å²) in [6.45, 7) is 2.05. The number of fused-ring (bicyclic) bond motifs is 4. The summed E-state index contributed by atoms with van der Waals surface area (Å²) < 4.78 is 15.1. The van der Waals surface area contributed by atoms with Gasteiger partial charge >= 0.3 is 0 Å². The van der Waals surface area contributed by atoms with Crippen LogP contribution in [-0.2, 0) is 11.4 Å². The van der Waals surface area contributed by atoms with E-state index in [0.717, 1.165) is 39.4 Å². The van der Waals surface area contributed by atoms with Crippen molar-refractivity contribution in [3.63, 3.8) is 0 Å². The van der Waals surface area contributed by atoms with E-state index in [4.69, 9.17) is 36.0 Å². The lowest BCUT2D eigenvalue weighted by molar-refractivity contribution is 0.126. The van der Waals surface area contributed by atoms with Crippen LogP contribution >= 0.6 is 11.6 Å². The Morgan fingerprint density at radius 3 is 2.52 bits per heavy atom. The predicted molar refractivity (Wildman–Crippen MR) is 157 cm³/mol. The number of aryl methyl sites for hydroxylation is 1. The molecule has 1 aliphatic rings. The molecule has 0 saturated carbocycles. The fourth-order valence-electron chi connectivity index (χ4n) is 5.10. The van der Waals surface area contributed by atoms with E-state index in [-0.39, 0.29) is 12.5 Å². The van der Waals surface area contributed by atoms with Crippen LogP contribution in [0.25, 0.3) is 11.3 Å². The van der Waals surface area contributed by atoms with E-state index in [1.807, 2.05) is 90.5 Å². The zero-order valence-electron chi connectivity index (χ0n) is 22.7. The molecule has 0 radical (unpaired) electrons. The summed E-state index contributed by atoms with van der Waals surface area (Å²) in [5, 5.41) is 14.2. The molecule has 0 saturated heterocycles. The molecule has 0 N–H and O–H groups in total. The third-order valence-electron chi connectivity index (χ3n) is 7.05. The van der Waals surface area contributed by atoms with Crippen molar-refractivity contribution in [2.24, 2.45) is 5.16 Å². The second-order valence-corrected chi connectivity index (χ2v) is 10.1. The summed E-state index contributed by atoms with van der Waals surface area (Å²) in [5.41, 5.74) is 5.91. The molecule has 3 aromatic carbocycles. The predicted octanol–water partition coefficient (Wildman–Crippen LogP) is 6.12. The fraction of sp³-hybridized carbons (Fsp3) is 0.129. The summed E-state index contributed by atoms with van der Waals surface area (Å²) in [4.78, 5) is 15.0. The maximum atomic E-state index is 6.46. The van der Waals surface area contributed by atoms with Gasteiger partial charge in [-0.05, 0) is 66.6 Å². The number of nitrogens with zero attached hydrogens (tertiary/aromatic N) is 7. The molecule has 1 atom stereocenters. The van der Waals surface area contributed by atoms with Gasteiger partial charge in [-0.15, -0.1) is 5.10 Å². The molecule has 1 aliphatic heterocycles. The van der Waals surface area contributed by atoms with E-state index in [2.05, 4.69) is 15.2 Å². The molecule has 0 amide bonds. The number of para-hydroxylation sites is 1. The van der Waals surface area contributed by atoms with Gasteiger partial charge in [-0.1, -0.05) is 47.1 Å². The van der Waals surface area contributed by atoms with Crippen LogP contribution in [0.5, 0.6) is 17.5 Å². The lowest BCUT2D eigenvalue weighted by Crippen LogP contribution is -2.16. The van der Waals surface area contributed by atoms with Gasteiger partial charge in [-0.2, -0.15) is 5.10 Å². The van der Waals surface area contributed by atoms with Crippen molar-refractivity contribution in [2.45, 2.75) is 19.4 Å². The molecule has 0 spiro atoms. The van der Waals surface area contributed by atoms with Gasteiger partial charge in [0.15, 0.2) is 18.1 Å². The summed E-state index contributed by atoms with van der Waals surface area (Å²) in [6.07, 6.45) is 3.21. The Bertz CT molecular complexity index is 1920. The van der Waals surface area contributed by atoms with Crippen LogP contribution in [-0.4, -0.2) is 42.7 Å². The number of hydrogen-bond acceptors (Lipinski definition) is 8. The molecule has 6 aromatic rings. The van der Waals surface area contributed by atoms with E-state index in [1.165, 1.54) is 0 Å². The van der Waals surface area contributed by atoms with Crippen molar-refractivity contribution >= 4 is 23.5 Å². The molecule has 0 aliphatic carbocycles. The normalized spacial score (nSPS) is 14.0. The molecule has 4 heterocycles. The van der Waals surface area contributed by atoms with Gasteiger partial charge in [-0.3, -0.25) is 0 Å². The SMILES string of the molecule is COc1ccc(/C=N/OCc2nc3c4c(ncn3n2)Oc2c(c(C)nn2-c2ccccc2)[C@@H]4c2ccc(Cl)cc2)cc1. The van der Waals surface area contributed by atoms with Crippen LogP contribution < -0.4 is 9.47 Å². The maximum absolute atomic E-state index is 6.46. The zero-order chi connectivity index (χ0) is 28.6. The van der Waals surface area contributed by atoms with Crippen LogP contribution in [0.2, 0.25) is 5.02 Å². The van der Waals surface area contributed by atoms with Crippen molar-refractivity contribution in [1.82, 2.24) is 29.4 Å². The average molecular weight is 578 g/mol. The van der Waals surface area contributed by atoms with E-state index in [9.17, 15) is 0 Å². The Morgan fingerprint density at radius 1 is 0.976 bits per heavy atom. The number of methoxy groups -OCH3 is 1. The average Bonchev–Trinajstić information content (AvgIpc) is 3.60. The quantitative estimate of drug-likeness (QED) is 0.166. The Hall–Kier alpha value is -5.22. The molecule has 0 bridgehead atoms. The van der Waals surface area contributed by atoms with Gasteiger partial charge in [0.2, 0.25) is 11.8 Å². The highest BCUT2D eigenvalue weighted by Gasteiger charge is 2.38. The summed E-state index contributed by atoms with van der Waals surface area (Å²) >= 11 is 6.27. The van der Waals surface area contributed by atoms with E-state index in [0.29, 0.717) is 28.3 Å². The number of rotatable bonds is 7. The highest BCUT2D eigenvalue weighted by molar-refractivity contribution is 6.30. The molecule has 42 heavy (non-hydrogen) atoms. The number of oxime groups is 1. The van der Waals surface area contributed by atoms with Crippen LogP contribution in [0.1, 0.15) is 39.7 Å². The monoisotopic (exact) mass is 577 g/mol. The van der Waals surface area contributed by atoms with Crippen molar-refractivity contribution in [1.29, 1.82) is 0 Å². The van der Waals surface area contributed by atoms with Gasteiger partial charge < -0.3 is 14.3 Å². The van der Waals surface area contributed by atoms with Crippen LogP contribution in [0.15, 0.2) is 90.3 Å². The standard InChI is InChI=1S/C31H24ClN7O3/c1-19-26-27(21-10-12-22(32)13-11-21)28-29-35-25(17-41-34-16-20-8-14-24(40-2)15-9-20)37-38(29)18-33-30(28)42-31(26)39(36-19)23-6-4-3-5-7-23/h3-16,18,27H,17H2,1-2H3/b34-16+/t27-/m0/s1. The largest absolute Gasteiger partial charge is 0.497 e. The Labute approximate surface area is 245 Å². The van der Waals surface area contributed by atoms with Gasteiger partial charge in [-0.25, -0.2) is 19.2 Å². The molecule has 7 rings (SSSR count). The molecule has 3 aromatic heterocycles. The lowest BCUT2D eigenvalue weighted by Gasteiger charge is -2.26. The number of aromatic nitrogens is 6. The summed E-state index contributed by atoms with van der Waals surface area (Å²) in [5.74, 6) is 1.99. The Kier molecular flexibility index (Phi) is 6.52. The van der Waals surface area contributed by atoms with E-state index < -0.39 is 0 Å². The number of benzene rings is 3. The number of hydrogen-bond donors (Lipinski definition) is 0. The second kappa shape index (κ2) is 10.6. The van der Waals surface area contributed by atoms with E-state index in [1.54, 1.807) is 24.2 Å². The van der Waals surface area contributed by atoms with Crippen LogP contribution in [0, 0.1) is 6.92 Å². The van der Waals surface area contributed by atoms with Crippen molar-refractivity contribution in [3.8, 4) is 23.2 Å². The van der Waals surface area contributed by atoms with Gasteiger partial charge in [0.1, 0.15) is 12.1 Å². The first-order chi connectivity index (χ1) is 20.6. The Balaban J connectivity index is 1.27. The summed E-state index contributed by atoms with van der Waals surface area (Å²) in [7, 11) is 1.63. The molecule has 208 valence electrons. The van der Waals surface area contributed by atoms with E-state index >= 15 is 0 Å². The number of halogens is 1. The molecular formula is C31H24ClN7O3. The first-order valence-corrected chi connectivity index (χ1v) is 13.6. The van der Waals surface area contributed by atoms with Crippen LogP contribution in [0.3, 0.4) is 0 Å². The molecule has 10 nitrogen and oxygen atoms in total. The van der Waals surface area contributed by atoms with Crippen molar-refractivity contribution in [2.75, 3.05) is 7.11 Å². The highest BCUT2D eigenvalue weighted by atomic mass is 35.5. The zero-order valence-corrected chi connectivity index (χ0v) is 23.4. The topological polar surface area (TPSA) is 101 Å². The van der Waals surface area contributed by atoms with Gasteiger partial charge in [0, 0.05) is 5.02 Å². The lowest BCUT2D eigenvalue weighted by atomic mass is 9.84. The Morgan fingerprint density at radius 2 is 1.76 bits per heavy atom. The third kappa shape index (κ3) is 4.61. The minimum Gasteiger partial charge on any atom is -0.497 e. The van der Waals surface area contributed by atoms with Gasteiger partial charge in [0.05, 0.1) is 41.8 Å². The van der Waals surface area contributed by atoms with Crippen molar-refractivity contribution < 1.29 is 14.3 Å². The minimum atomic E-state index is -0.277.